The second-order valence-electron chi connectivity index (χ2n) is 7.43. The fraction of sp³-hybridized carbons (Fsp3) is 0.476. The standard InChI is InChI=1S/C21H27N5O/c27-21(17-5-4-14-26(16-17)20-15-22-10-11-23-20)24-18-6-8-19(9-7-18)25-12-2-1-3-13-25/h6-11,15,17H,1-5,12-14,16H2,(H,24,27). The van der Waals surface area contributed by atoms with E-state index in [0.29, 0.717) is 6.54 Å². The van der Waals surface area contributed by atoms with Crippen molar-refractivity contribution in [3.63, 3.8) is 0 Å². The maximum atomic E-state index is 12.7. The van der Waals surface area contributed by atoms with Crippen LogP contribution in [-0.4, -0.2) is 42.1 Å². The van der Waals surface area contributed by atoms with E-state index in [9.17, 15) is 4.79 Å². The molecule has 2 aliphatic heterocycles. The van der Waals surface area contributed by atoms with Gasteiger partial charge in [0.1, 0.15) is 5.82 Å². The first-order chi connectivity index (χ1) is 13.3. The SMILES string of the molecule is O=C(Nc1ccc(N2CCCCC2)cc1)C1CCCN(c2cnccn2)C1. The molecule has 1 unspecified atom stereocenters. The summed E-state index contributed by atoms with van der Waals surface area (Å²) in [4.78, 5) is 25.8. The molecule has 4 rings (SSSR count). The average Bonchev–Trinajstić information content (AvgIpc) is 2.75. The Balaban J connectivity index is 1.35. The summed E-state index contributed by atoms with van der Waals surface area (Å²) in [5.74, 6) is 0.915. The molecular weight excluding hydrogens is 338 g/mol. The number of nitrogens with one attached hydrogen (secondary N) is 1. The van der Waals surface area contributed by atoms with Crippen LogP contribution in [-0.2, 0) is 4.79 Å². The monoisotopic (exact) mass is 365 g/mol. The summed E-state index contributed by atoms with van der Waals surface area (Å²) in [5.41, 5.74) is 2.12. The zero-order valence-corrected chi connectivity index (χ0v) is 15.7. The molecule has 27 heavy (non-hydrogen) atoms. The van der Waals surface area contributed by atoms with Crippen molar-refractivity contribution in [2.45, 2.75) is 32.1 Å². The second kappa shape index (κ2) is 8.37. The Morgan fingerprint density at radius 3 is 2.48 bits per heavy atom. The molecule has 1 aromatic heterocycles. The van der Waals surface area contributed by atoms with E-state index in [1.807, 2.05) is 12.1 Å². The van der Waals surface area contributed by atoms with Crippen LogP contribution >= 0.6 is 0 Å². The number of nitrogens with zero attached hydrogens (tertiary/aromatic N) is 4. The summed E-state index contributed by atoms with van der Waals surface area (Å²) in [6.07, 6.45) is 10.9. The summed E-state index contributed by atoms with van der Waals surface area (Å²) in [5, 5.41) is 3.09. The largest absolute Gasteiger partial charge is 0.372 e. The molecule has 3 heterocycles. The van der Waals surface area contributed by atoms with E-state index in [-0.39, 0.29) is 11.8 Å². The fourth-order valence-electron chi connectivity index (χ4n) is 4.01. The van der Waals surface area contributed by atoms with Crippen molar-refractivity contribution in [1.29, 1.82) is 0 Å². The molecule has 0 spiro atoms. The summed E-state index contributed by atoms with van der Waals surface area (Å²) < 4.78 is 0. The molecule has 142 valence electrons. The van der Waals surface area contributed by atoms with Gasteiger partial charge in [0.25, 0.3) is 0 Å². The lowest BCUT2D eigenvalue weighted by Gasteiger charge is -2.32. The van der Waals surface area contributed by atoms with Crippen molar-refractivity contribution in [1.82, 2.24) is 9.97 Å². The molecule has 1 aromatic carbocycles. The Morgan fingerprint density at radius 2 is 1.74 bits per heavy atom. The molecule has 2 aromatic rings. The number of piperidine rings is 2. The smallest absolute Gasteiger partial charge is 0.229 e. The number of aromatic nitrogens is 2. The van der Waals surface area contributed by atoms with Crippen LogP contribution in [0.25, 0.3) is 0 Å². The molecule has 0 saturated carbocycles. The van der Waals surface area contributed by atoms with Crippen molar-refractivity contribution in [2.24, 2.45) is 5.92 Å². The van der Waals surface area contributed by atoms with Crippen LogP contribution in [0.4, 0.5) is 17.2 Å². The minimum Gasteiger partial charge on any atom is -0.372 e. The van der Waals surface area contributed by atoms with Gasteiger partial charge < -0.3 is 15.1 Å². The van der Waals surface area contributed by atoms with Gasteiger partial charge in [0.2, 0.25) is 5.91 Å². The lowest BCUT2D eigenvalue weighted by Crippen LogP contribution is -2.41. The number of amides is 1. The molecular formula is C21H27N5O. The topological polar surface area (TPSA) is 61.4 Å². The van der Waals surface area contributed by atoms with Crippen molar-refractivity contribution >= 4 is 23.1 Å². The first-order valence-corrected chi connectivity index (χ1v) is 9.96. The molecule has 2 aliphatic rings. The molecule has 2 saturated heterocycles. The summed E-state index contributed by atoms with van der Waals surface area (Å²) >= 11 is 0. The summed E-state index contributed by atoms with van der Waals surface area (Å²) in [6, 6.07) is 8.28. The molecule has 6 nitrogen and oxygen atoms in total. The third-order valence-electron chi connectivity index (χ3n) is 5.52. The van der Waals surface area contributed by atoms with Crippen molar-refractivity contribution in [2.75, 3.05) is 41.3 Å². The Bertz CT molecular complexity index is 743. The van der Waals surface area contributed by atoms with Gasteiger partial charge in [-0.3, -0.25) is 9.78 Å². The molecule has 1 N–H and O–H groups in total. The van der Waals surface area contributed by atoms with E-state index in [4.69, 9.17) is 0 Å². The van der Waals surface area contributed by atoms with Gasteiger partial charge >= 0.3 is 0 Å². The van der Waals surface area contributed by atoms with Crippen molar-refractivity contribution in [3.05, 3.63) is 42.9 Å². The first kappa shape index (κ1) is 17.8. The van der Waals surface area contributed by atoms with Crippen molar-refractivity contribution < 1.29 is 4.79 Å². The van der Waals surface area contributed by atoms with Gasteiger partial charge in [-0.25, -0.2) is 4.98 Å². The highest BCUT2D eigenvalue weighted by Crippen LogP contribution is 2.24. The van der Waals surface area contributed by atoms with Crippen LogP contribution in [0.1, 0.15) is 32.1 Å². The van der Waals surface area contributed by atoms with Gasteiger partial charge in [0.15, 0.2) is 0 Å². The maximum Gasteiger partial charge on any atom is 0.229 e. The number of hydrogen-bond donors (Lipinski definition) is 1. The highest BCUT2D eigenvalue weighted by molar-refractivity contribution is 5.93. The number of hydrogen-bond acceptors (Lipinski definition) is 5. The predicted octanol–water partition coefficient (Wildman–Crippen LogP) is 3.32. The van der Waals surface area contributed by atoms with Crippen LogP contribution in [0.3, 0.4) is 0 Å². The third kappa shape index (κ3) is 4.38. The number of carbonyl (C=O) groups excluding carboxylic acids is 1. The lowest BCUT2D eigenvalue weighted by atomic mass is 9.97. The third-order valence-corrected chi connectivity index (χ3v) is 5.52. The van der Waals surface area contributed by atoms with Crippen LogP contribution in [0.5, 0.6) is 0 Å². The molecule has 0 bridgehead atoms. The number of anilines is 3. The van der Waals surface area contributed by atoms with E-state index in [1.54, 1.807) is 18.6 Å². The van der Waals surface area contributed by atoms with Crippen LogP contribution in [0.2, 0.25) is 0 Å². The maximum absolute atomic E-state index is 12.7. The zero-order valence-electron chi connectivity index (χ0n) is 15.7. The quantitative estimate of drug-likeness (QED) is 0.901. The minimum absolute atomic E-state index is 0.0254. The van der Waals surface area contributed by atoms with Gasteiger partial charge in [-0.15, -0.1) is 0 Å². The normalized spacial score (nSPS) is 20.4. The molecule has 0 radical (unpaired) electrons. The number of carbonyl (C=O) groups is 1. The first-order valence-electron chi connectivity index (χ1n) is 9.96. The summed E-state index contributed by atoms with van der Waals surface area (Å²) in [6.45, 7) is 3.88. The Kier molecular flexibility index (Phi) is 5.51. The van der Waals surface area contributed by atoms with Gasteiger partial charge in [-0.1, -0.05) is 0 Å². The highest BCUT2D eigenvalue weighted by atomic mass is 16.1. The average molecular weight is 365 g/mol. The highest BCUT2D eigenvalue weighted by Gasteiger charge is 2.26. The Hall–Kier alpha value is -2.63. The summed E-state index contributed by atoms with van der Waals surface area (Å²) in [7, 11) is 0. The van der Waals surface area contributed by atoms with E-state index < -0.39 is 0 Å². The lowest BCUT2D eigenvalue weighted by molar-refractivity contribution is -0.120. The predicted molar refractivity (Wildman–Crippen MR) is 108 cm³/mol. The molecule has 6 heteroatoms. The van der Waals surface area contributed by atoms with Crippen molar-refractivity contribution in [3.8, 4) is 0 Å². The molecule has 1 atom stereocenters. The van der Waals surface area contributed by atoms with Gasteiger partial charge in [0, 0.05) is 49.9 Å². The molecule has 1 amide bonds. The van der Waals surface area contributed by atoms with Gasteiger partial charge in [-0.05, 0) is 56.4 Å². The van der Waals surface area contributed by atoms with E-state index in [0.717, 1.165) is 44.0 Å². The zero-order chi connectivity index (χ0) is 18.5. The van der Waals surface area contributed by atoms with Gasteiger partial charge in [-0.2, -0.15) is 0 Å². The van der Waals surface area contributed by atoms with Gasteiger partial charge in [0.05, 0.1) is 12.1 Å². The van der Waals surface area contributed by atoms with Crippen LogP contribution < -0.4 is 15.1 Å². The molecule has 2 fully saturated rings. The number of benzene rings is 1. The van der Waals surface area contributed by atoms with Crippen LogP contribution in [0, 0.1) is 5.92 Å². The Morgan fingerprint density at radius 1 is 0.963 bits per heavy atom. The fourth-order valence-corrected chi connectivity index (χ4v) is 4.01. The second-order valence-corrected chi connectivity index (χ2v) is 7.43. The van der Waals surface area contributed by atoms with Crippen LogP contribution in [0.15, 0.2) is 42.9 Å². The number of rotatable bonds is 4. The Labute approximate surface area is 160 Å². The van der Waals surface area contributed by atoms with E-state index in [2.05, 4.69) is 37.2 Å². The van der Waals surface area contributed by atoms with E-state index >= 15 is 0 Å². The molecule has 0 aliphatic carbocycles. The minimum atomic E-state index is -0.0254. The van der Waals surface area contributed by atoms with E-state index in [1.165, 1.54) is 24.9 Å².